The fraction of sp³-hybridized carbons (Fsp3) is 0.650. The van der Waals surface area contributed by atoms with Crippen LogP contribution in [0, 0.1) is 11.8 Å². The van der Waals surface area contributed by atoms with E-state index in [1.807, 2.05) is 36.4 Å². The number of hydrogen-bond acceptors (Lipinski definition) is 4. The molecule has 0 bridgehead atoms. The van der Waals surface area contributed by atoms with Gasteiger partial charge in [-0.3, -0.25) is 9.59 Å². The highest BCUT2D eigenvalue weighted by Gasteiger charge is 2.57. The topological polar surface area (TPSA) is 64.7 Å². The minimum absolute atomic E-state index is 0.0845. The van der Waals surface area contributed by atoms with Gasteiger partial charge in [-0.25, -0.2) is 0 Å². The van der Waals surface area contributed by atoms with E-state index in [1.165, 1.54) is 73.6 Å². The van der Waals surface area contributed by atoms with E-state index in [1.54, 1.807) is 0 Å². The Hall–Kier alpha value is -1.24. The Morgan fingerprint density at radius 1 is 0.583 bits per heavy atom. The first-order valence-corrected chi connectivity index (χ1v) is 21.8. The third-order valence-electron chi connectivity index (χ3n) is 9.82. The highest BCUT2D eigenvalue weighted by Crippen LogP contribution is 2.57. The van der Waals surface area contributed by atoms with Gasteiger partial charge < -0.3 is 20.4 Å². The van der Waals surface area contributed by atoms with Crippen LogP contribution in [0.3, 0.4) is 0 Å². The molecule has 0 atom stereocenters. The largest absolute Gasteiger partial charge is 0.356 e. The van der Waals surface area contributed by atoms with Crippen LogP contribution in [-0.4, -0.2) is 82.8 Å². The van der Waals surface area contributed by atoms with E-state index in [0.29, 0.717) is 13.1 Å². The molecular weight excluding hydrogens is 822 g/mol. The van der Waals surface area contributed by atoms with Gasteiger partial charge in [0.25, 0.3) is 0 Å². The molecule has 0 spiro atoms. The van der Waals surface area contributed by atoms with E-state index in [2.05, 4.69) is 104 Å². The maximum atomic E-state index is 13.8. The van der Waals surface area contributed by atoms with Crippen LogP contribution in [0.15, 0.2) is 60.7 Å². The van der Waals surface area contributed by atoms with Gasteiger partial charge in [0.2, 0.25) is 11.8 Å². The molecule has 268 valence electrons. The van der Waals surface area contributed by atoms with Gasteiger partial charge in [0.05, 0.1) is 11.8 Å². The van der Waals surface area contributed by atoms with Gasteiger partial charge in [0, 0.05) is 24.9 Å². The summed E-state index contributed by atoms with van der Waals surface area (Å²) in [6, 6.07) is 20.5. The average molecular weight is 885 g/mol. The third kappa shape index (κ3) is 13.8. The van der Waals surface area contributed by atoms with Crippen LogP contribution < -0.4 is 10.6 Å². The summed E-state index contributed by atoms with van der Waals surface area (Å²) in [6.07, 6.45) is 12.2. The van der Waals surface area contributed by atoms with Crippen LogP contribution in [-0.2, 0) is 9.59 Å². The molecule has 2 heterocycles. The maximum Gasteiger partial charge on any atom is 0.224 e. The van der Waals surface area contributed by atoms with Crippen molar-refractivity contribution in [3.8, 4) is 0 Å². The molecule has 2 aliphatic heterocycles. The second kappa shape index (κ2) is 24.8. The van der Waals surface area contributed by atoms with Crippen LogP contribution in [0.4, 0.5) is 0 Å². The lowest BCUT2D eigenvalue weighted by Crippen LogP contribution is -2.56. The Morgan fingerprint density at radius 3 is 1.25 bits per heavy atom. The Balaban J connectivity index is 0.000000969. The van der Waals surface area contributed by atoms with Crippen LogP contribution in [0.5, 0.6) is 0 Å². The molecule has 2 aromatic rings. The molecule has 1 saturated carbocycles. The highest BCUT2D eigenvalue weighted by atomic mass is 127. The van der Waals surface area contributed by atoms with E-state index in [-0.39, 0.29) is 35.5 Å². The quantitative estimate of drug-likeness (QED) is 0.114. The van der Waals surface area contributed by atoms with Crippen molar-refractivity contribution in [2.75, 3.05) is 61.2 Å². The number of amides is 2. The number of hydrogen-bond donors (Lipinski definition) is 2. The third-order valence-corrected chi connectivity index (χ3v) is 9.82. The lowest BCUT2D eigenvalue weighted by molar-refractivity contribution is -0.140. The maximum absolute atomic E-state index is 13.8. The smallest absolute Gasteiger partial charge is 0.224 e. The summed E-state index contributed by atoms with van der Waals surface area (Å²) in [5, 5.41) is 6.56. The normalized spacial score (nSPS) is 22.6. The number of rotatable bonds is 14. The first-order valence-electron chi connectivity index (χ1n) is 18.8. The number of unbranched alkanes of at least 4 members (excludes halogenated alkanes) is 2. The van der Waals surface area contributed by atoms with Gasteiger partial charge in [-0.2, -0.15) is 0 Å². The molecular formula is C40H62I2N4O2. The first kappa shape index (κ1) is 41.2. The van der Waals surface area contributed by atoms with Gasteiger partial charge in [0.15, 0.2) is 0 Å². The molecule has 5 rings (SSSR count). The monoisotopic (exact) mass is 884 g/mol. The predicted molar refractivity (Wildman–Crippen MR) is 220 cm³/mol. The van der Waals surface area contributed by atoms with Crippen molar-refractivity contribution in [2.24, 2.45) is 11.8 Å². The Labute approximate surface area is 319 Å². The molecule has 3 aliphatic rings. The number of carbonyl (C=O) groups is 2. The number of nitrogens with one attached hydrogen (secondary N) is 2. The summed E-state index contributed by atoms with van der Waals surface area (Å²) >= 11 is 4.58. The molecule has 0 aromatic heterocycles. The van der Waals surface area contributed by atoms with Crippen molar-refractivity contribution in [1.82, 2.24) is 20.4 Å². The molecule has 0 unspecified atom stereocenters. The van der Waals surface area contributed by atoms with E-state index in [9.17, 15) is 9.59 Å². The minimum Gasteiger partial charge on any atom is -0.356 e. The molecule has 3 fully saturated rings. The summed E-state index contributed by atoms with van der Waals surface area (Å²) in [6.45, 7) is 12.7. The van der Waals surface area contributed by atoms with Gasteiger partial charge in [-0.05, 0) is 111 Å². The average Bonchev–Trinajstić information content (AvgIpc) is 3.10. The fourth-order valence-electron chi connectivity index (χ4n) is 7.53. The molecule has 2 amide bonds. The van der Waals surface area contributed by atoms with E-state index < -0.39 is 0 Å². The number of carbonyl (C=O) groups excluding carboxylic acids is 2. The number of nitrogens with zero attached hydrogens (tertiary/aromatic N) is 2. The van der Waals surface area contributed by atoms with Crippen molar-refractivity contribution in [1.29, 1.82) is 0 Å². The van der Waals surface area contributed by atoms with E-state index >= 15 is 0 Å². The molecule has 1 aliphatic carbocycles. The highest BCUT2D eigenvalue weighted by molar-refractivity contribution is 14.1. The fourth-order valence-corrected chi connectivity index (χ4v) is 7.53. The van der Waals surface area contributed by atoms with Crippen molar-refractivity contribution < 1.29 is 9.59 Å². The number of halogens is 2. The Kier molecular flexibility index (Phi) is 21.3. The Morgan fingerprint density at radius 2 is 0.917 bits per heavy atom. The molecule has 2 N–H and O–H groups in total. The number of piperidine rings is 2. The zero-order chi connectivity index (χ0) is 34.4. The lowest BCUT2D eigenvalue weighted by atomic mass is 9.52. The van der Waals surface area contributed by atoms with Crippen molar-refractivity contribution >= 4 is 57.0 Å². The molecule has 2 aromatic carbocycles. The second-order valence-corrected chi connectivity index (χ2v) is 16.3. The van der Waals surface area contributed by atoms with Crippen LogP contribution >= 0.6 is 45.2 Å². The van der Waals surface area contributed by atoms with Gasteiger partial charge >= 0.3 is 0 Å². The minimum atomic E-state index is -0.258. The molecule has 8 heteroatoms. The number of benzene rings is 2. The van der Waals surface area contributed by atoms with Crippen LogP contribution in [0.25, 0.3) is 0 Å². The SMILES string of the molecule is CCI.CCI.O=C(NCCCCN1CCCCC1)C1C(c2ccccc2)C(C(=O)NCCCCN2CCCCC2)C1c1ccccc1. The Bertz CT molecular complexity index is 1030. The zero-order valence-corrected chi connectivity index (χ0v) is 34.0. The standard InChI is InChI=1S/C36H52N4O2.2C2H5I/c41-35(37-21-9-15-27-39-23-11-3-12-24-39)33-31(29-17-5-1-6-18-29)34(32(33)30-19-7-2-8-20-30)36(42)38-22-10-16-28-40-25-13-4-14-26-40;2*1-2-3/h1-2,5-8,17-20,31-34H,3-4,9-16,21-28H2,(H,37,41)(H,38,42);2*2H2,1H3. The molecule has 48 heavy (non-hydrogen) atoms. The van der Waals surface area contributed by atoms with E-state index in [4.69, 9.17) is 0 Å². The van der Waals surface area contributed by atoms with Crippen molar-refractivity contribution in [3.63, 3.8) is 0 Å². The van der Waals surface area contributed by atoms with Gasteiger partial charge in [-0.1, -0.05) is 133 Å². The summed E-state index contributed by atoms with van der Waals surface area (Å²) in [7, 11) is 0. The zero-order valence-electron chi connectivity index (χ0n) is 29.7. The lowest BCUT2D eigenvalue weighted by Gasteiger charge is -2.50. The first-order chi connectivity index (χ1) is 23.5. The van der Waals surface area contributed by atoms with Crippen molar-refractivity contribution in [3.05, 3.63) is 71.8 Å². The summed E-state index contributed by atoms with van der Waals surface area (Å²) in [5.74, 6) is -0.600. The molecule has 2 saturated heterocycles. The molecule has 0 radical (unpaired) electrons. The van der Waals surface area contributed by atoms with Crippen LogP contribution in [0.2, 0.25) is 0 Å². The number of alkyl halides is 2. The summed E-state index contributed by atoms with van der Waals surface area (Å²) < 4.78 is 2.44. The predicted octanol–water partition coefficient (Wildman–Crippen LogP) is 8.45. The van der Waals surface area contributed by atoms with Gasteiger partial charge in [0.1, 0.15) is 0 Å². The van der Waals surface area contributed by atoms with Gasteiger partial charge in [-0.15, -0.1) is 0 Å². The molecule has 6 nitrogen and oxygen atoms in total. The summed E-state index contributed by atoms with van der Waals surface area (Å²) in [5.41, 5.74) is 2.17. The second-order valence-electron chi connectivity index (χ2n) is 13.3. The van der Waals surface area contributed by atoms with Crippen molar-refractivity contribution in [2.45, 2.75) is 89.9 Å². The van der Waals surface area contributed by atoms with E-state index in [0.717, 1.165) is 49.9 Å². The number of likely N-dealkylation sites (tertiary alicyclic amines) is 2. The van der Waals surface area contributed by atoms with Crippen LogP contribution in [0.1, 0.15) is 101 Å². The summed E-state index contributed by atoms with van der Waals surface area (Å²) in [4.78, 5) is 32.8.